The number of nitrogens with one attached hydrogen (secondary N) is 1. The van der Waals surface area contributed by atoms with Crippen molar-refractivity contribution in [1.82, 2.24) is 9.97 Å². The van der Waals surface area contributed by atoms with Gasteiger partial charge in [-0.1, -0.05) is 0 Å². The molecule has 0 bridgehead atoms. The third-order valence-electron chi connectivity index (χ3n) is 3.68. The number of rotatable bonds is 4. The monoisotopic (exact) mass is 322 g/mol. The van der Waals surface area contributed by atoms with Gasteiger partial charge in [0.05, 0.1) is 19.6 Å². The fourth-order valence-corrected chi connectivity index (χ4v) is 2.53. The number of nitrogens with zero attached hydrogens (tertiary/aromatic N) is 1. The fraction of sp³-hybridized carbons (Fsp3) is 0.0556. The summed E-state index contributed by atoms with van der Waals surface area (Å²) in [6.07, 6.45) is 3.20. The number of phenols is 1. The van der Waals surface area contributed by atoms with Crippen LogP contribution in [0.3, 0.4) is 0 Å². The molecule has 0 saturated carbocycles. The van der Waals surface area contributed by atoms with E-state index in [1.807, 2.05) is 18.2 Å². The van der Waals surface area contributed by atoms with Crippen molar-refractivity contribution in [2.24, 2.45) is 0 Å². The molecule has 24 heavy (non-hydrogen) atoms. The number of H-pyrrole nitrogens is 1. The van der Waals surface area contributed by atoms with Crippen molar-refractivity contribution in [3.05, 3.63) is 55.0 Å². The van der Waals surface area contributed by atoms with Crippen LogP contribution in [0, 0.1) is 0 Å². The molecule has 3 aromatic heterocycles. The summed E-state index contributed by atoms with van der Waals surface area (Å²) in [5.41, 5.74) is 2.14. The highest BCUT2D eigenvalue weighted by atomic mass is 16.5. The molecular formula is C18H14N2O4. The molecule has 0 saturated heterocycles. The number of hydrogen-bond donors (Lipinski definition) is 2. The van der Waals surface area contributed by atoms with Crippen molar-refractivity contribution in [1.29, 1.82) is 0 Å². The Hall–Kier alpha value is -3.41. The van der Waals surface area contributed by atoms with E-state index in [4.69, 9.17) is 13.6 Å². The first-order chi connectivity index (χ1) is 11.8. The van der Waals surface area contributed by atoms with E-state index in [1.54, 1.807) is 36.8 Å². The van der Waals surface area contributed by atoms with Gasteiger partial charge in [-0.2, -0.15) is 0 Å². The highest BCUT2D eigenvalue weighted by Crippen LogP contribution is 2.35. The summed E-state index contributed by atoms with van der Waals surface area (Å²) in [6.45, 7) is 0. The van der Waals surface area contributed by atoms with Gasteiger partial charge in [0, 0.05) is 5.56 Å². The number of furan rings is 2. The van der Waals surface area contributed by atoms with E-state index in [-0.39, 0.29) is 5.75 Å². The molecule has 2 N–H and O–H groups in total. The Bertz CT molecular complexity index is 902. The molecule has 1 aromatic carbocycles. The third-order valence-corrected chi connectivity index (χ3v) is 3.68. The van der Waals surface area contributed by atoms with Crippen molar-refractivity contribution in [2.75, 3.05) is 7.11 Å². The second-order valence-corrected chi connectivity index (χ2v) is 5.15. The predicted octanol–water partition coefficient (Wildman–Crippen LogP) is 4.31. The van der Waals surface area contributed by atoms with Crippen LogP contribution in [0.25, 0.3) is 34.3 Å². The zero-order valence-electron chi connectivity index (χ0n) is 12.8. The fourth-order valence-electron chi connectivity index (χ4n) is 2.53. The van der Waals surface area contributed by atoms with Gasteiger partial charge < -0.3 is 23.7 Å². The molecule has 0 atom stereocenters. The van der Waals surface area contributed by atoms with Crippen LogP contribution in [0.15, 0.2) is 63.8 Å². The van der Waals surface area contributed by atoms with E-state index >= 15 is 0 Å². The van der Waals surface area contributed by atoms with E-state index in [1.165, 1.54) is 7.11 Å². The second-order valence-electron chi connectivity index (χ2n) is 5.15. The zero-order chi connectivity index (χ0) is 16.5. The molecular weight excluding hydrogens is 308 g/mol. The second kappa shape index (κ2) is 5.66. The molecule has 120 valence electrons. The van der Waals surface area contributed by atoms with Crippen LogP contribution in [0.1, 0.15) is 0 Å². The summed E-state index contributed by atoms with van der Waals surface area (Å²) in [4.78, 5) is 7.89. The number of imidazole rings is 1. The predicted molar refractivity (Wildman–Crippen MR) is 87.6 cm³/mol. The smallest absolute Gasteiger partial charge is 0.161 e. The number of phenolic OH excluding ortho intramolecular Hbond substituents is 1. The minimum Gasteiger partial charge on any atom is -0.504 e. The standard InChI is InChI=1S/C18H14N2O4/c1-22-15-10-11(6-7-12(15)21)18-19-16(13-4-2-8-23-13)17(20-18)14-5-3-9-24-14/h2-10,21H,1H3,(H,19,20). The molecule has 4 rings (SSSR count). The molecule has 0 fully saturated rings. The zero-order valence-corrected chi connectivity index (χ0v) is 12.8. The first kappa shape index (κ1) is 14.2. The lowest BCUT2D eigenvalue weighted by Gasteiger charge is -2.04. The highest BCUT2D eigenvalue weighted by molar-refractivity contribution is 5.77. The number of hydrogen-bond acceptors (Lipinski definition) is 5. The number of benzene rings is 1. The van der Waals surface area contributed by atoms with Crippen molar-refractivity contribution in [3.8, 4) is 45.8 Å². The Labute approximate surface area is 137 Å². The Morgan fingerprint density at radius 3 is 2.46 bits per heavy atom. The van der Waals surface area contributed by atoms with Crippen LogP contribution >= 0.6 is 0 Å². The summed E-state index contributed by atoms with van der Waals surface area (Å²) in [7, 11) is 1.50. The lowest BCUT2D eigenvalue weighted by molar-refractivity contribution is 0.373. The average Bonchev–Trinajstić information content (AvgIpc) is 3.34. The summed E-state index contributed by atoms with van der Waals surface area (Å²) < 4.78 is 16.1. The van der Waals surface area contributed by atoms with Gasteiger partial charge in [-0.15, -0.1) is 0 Å². The third kappa shape index (κ3) is 2.34. The number of aromatic hydroxyl groups is 1. The van der Waals surface area contributed by atoms with Gasteiger partial charge in [0.1, 0.15) is 17.2 Å². The van der Waals surface area contributed by atoms with Gasteiger partial charge in [-0.05, 0) is 42.5 Å². The Morgan fingerprint density at radius 2 is 1.79 bits per heavy atom. The minimum atomic E-state index is 0.0744. The van der Waals surface area contributed by atoms with Crippen LogP contribution in [0.2, 0.25) is 0 Å². The van der Waals surface area contributed by atoms with Gasteiger partial charge in [-0.3, -0.25) is 0 Å². The molecule has 6 nitrogen and oxygen atoms in total. The highest BCUT2D eigenvalue weighted by Gasteiger charge is 2.19. The maximum Gasteiger partial charge on any atom is 0.161 e. The summed E-state index contributed by atoms with van der Waals surface area (Å²) >= 11 is 0. The van der Waals surface area contributed by atoms with Gasteiger partial charge in [-0.25, -0.2) is 4.98 Å². The quantitative estimate of drug-likeness (QED) is 0.585. The Kier molecular flexibility index (Phi) is 3.35. The van der Waals surface area contributed by atoms with Crippen LogP contribution in [-0.4, -0.2) is 22.2 Å². The number of aromatic amines is 1. The molecule has 0 spiro atoms. The van der Waals surface area contributed by atoms with Crippen molar-refractivity contribution >= 4 is 0 Å². The molecule has 0 amide bonds. The molecule has 6 heteroatoms. The van der Waals surface area contributed by atoms with Crippen LogP contribution in [0.4, 0.5) is 0 Å². The maximum atomic E-state index is 9.76. The van der Waals surface area contributed by atoms with E-state index in [2.05, 4.69) is 9.97 Å². The molecule has 0 aliphatic carbocycles. The van der Waals surface area contributed by atoms with E-state index in [0.717, 1.165) is 11.3 Å². The summed E-state index contributed by atoms with van der Waals surface area (Å²) in [5, 5.41) is 9.76. The number of methoxy groups -OCH3 is 1. The Morgan fingerprint density at radius 1 is 1.04 bits per heavy atom. The SMILES string of the molecule is COc1cc(-c2nc(-c3ccco3)c(-c3ccco3)[nH]2)ccc1O. The van der Waals surface area contributed by atoms with Crippen molar-refractivity contribution in [3.63, 3.8) is 0 Å². The van der Waals surface area contributed by atoms with Crippen molar-refractivity contribution in [2.45, 2.75) is 0 Å². The molecule has 4 aromatic rings. The summed E-state index contributed by atoms with van der Waals surface area (Å²) in [6, 6.07) is 12.3. The van der Waals surface area contributed by atoms with E-state index in [0.29, 0.717) is 28.8 Å². The molecule has 0 radical (unpaired) electrons. The van der Waals surface area contributed by atoms with Gasteiger partial charge in [0.2, 0.25) is 0 Å². The van der Waals surface area contributed by atoms with Crippen LogP contribution in [-0.2, 0) is 0 Å². The van der Waals surface area contributed by atoms with Gasteiger partial charge in [0.25, 0.3) is 0 Å². The lowest BCUT2D eigenvalue weighted by Crippen LogP contribution is -1.86. The number of ether oxygens (including phenoxy) is 1. The first-order valence-electron chi connectivity index (χ1n) is 7.31. The normalized spacial score (nSPS) is 10.9. The van der Waals surface area contributed by atoms with Crippen molar-refractivity contribution < 1.29 is 18.7 Å². The van der Waals surface area contributed by atoms with E-state index < -0.39 is 0 Å². The average molecular weight is 322 g/mol. The topological polar surface area (TPSA) is 84.4 Å². The minimum absolute atomic E-state index is 0.0744. The Balaban J connectivity index is 1.87. The van der Waals surface area contributed by atoms with Gasteiger partial charge in [0.15, 0.2) is 23.0 Å². The van der Waals surface area contributed by atoms with Gasteiger partial charge >= 0.3 is 0 Å². The molecule has 0 aliphatic heterocycles. The first-order valence-corrected chi connectivity index (χ1v) is 7.31. The maximum absolute atomic E-state index is 9.76. The largest absolute Gasteiger partial charge is 0.504 e. The van der Waals surface area contributed by atoms with Crippen LogP contribution in [0.5, 0.6) is 11.5 Å². The lowest BCUT2D eigenvalue weighted by atomic mass is 10.2. The number of aromatic nitrogens is 2. The molecule has 3 heterocycles. The molecule has 0 aliphatic rings. The molecule has 0 unspecified atom stereocenters. The van der Waals surface area contributed by atoms with Crippen LogP contribution < -0.4 is 4.74 Å². The van der Waals surface area contributed by atoms with E-state index in [9.17, 15) is 5.11 Å². The summed E-state index contributed by atoms with van der Waals surface area (Å²) in [5.74, 6) is 2.36.